The average molecular weight is 384 g/mol. The maximum absolute atomic E-state index is 10.5. The SMILES string of the molecule is CCCCCCCCCCCC(O)OCC(O)CNCCS(=O)(=O)O. The molecule has 4 N–H and O–H groups in total. The summed E-state index contributed by atoms with van der Waals surface area (Å²) < 4.78 is 34.8. The number of nitrogens with one attached hydrogen (secondary N) is 1. The van der Waals surface area contributed by atoms with Crippen LogP contribution in [0.3, 0.4) is 0 Å². The predicted octanol–water partition coefficient (Wildman–Crippen LogP) is 2.08. The van der Waals surface area contributed by atoms with E-state index in [0.717, 1.165) is 12.8 Å². The topological polar surface area (TPSA) is 116 Å². The van der Waals surface area contributed by atoms with Gasteiger partial charge in [-0.05, 0) is 12.8 Å². The van der Waals surface area contributed by atoms with Gasteiger partial charge in [0.1, 0.15) is 0 Å². The highest BCUT2D eigenvalue weighted by Crippen LogP contribution is 2.11. The lowest BCUT2D eigenvalue weighted by molar-refractivity contribution is -0.124. The fourth-order valence-electron chi connectivity index (χ4n) is 2.46. The van der Waals surface area contributed by atoms with Crippen molar-refractivity contribution in [3.63, 3.8) is 0 Å². The standard InChI is InChI=1S/C17H37NO6S/c1-2-3-4-5-6-7-8-9-10-11-17(20)24-15-16(19)14-18-12-13-25(21,22)23/h16-20H,2-15H2,1H3,(H,21,22,23). The number of aliphatic hydroxyl groups is 2. The van der Waals surface area contributed by atoms with E-state index < -0.39 is 28.3 Å². The lowest BCUT2D eigenvalue weighted by Gasteiger charge is -2.16. The summed E-state index contributed by atoms with van der Waals surface area (Å²) in [4.78, 5) is 0. The number of hydrogen-bond donors (Lipinski definition) is 4. The molecule has 0 saturated heterocycles. The van der Waals surface area contributed by atoms with Crippen LogP contribution >= 0.6 is 0 Å². The highest BCUT2D eigenvalue weighted by molar-refractivity contribution is 7.85. The molecule has 152 valence electrons. The molecule has 0 amide bonds. The second-order valence-electron chi connectivity index (χ2n) is 6.55. The molecule has 0 fully saturated rings. The molecular formula is C17H37NO6S. The summed E-state index contributed by atoms with van der Waals surface area (Å²) in [6, 6.07) is 0. The minimum absolute atomic E-state index is 0.0164. The van der Waals surface area contributed by atoms with E-state index in [9.17, 15) is 18.6 Å². The minimum Gasteiger partial charge on any atom is -0.389 e. The molecule has 0 saturated carbocycles. The van der Waals surface area contributed by atoms with Crippen LogP contribution in [0.15, 0.2) is 0 Å². The second-order valence-corrected chi connectivity index (χ2v) is 8.12. The molecule has 0 aliphatic rings. The Labute approximate surface area is 152 Å². The van der Waals surface area contributed by atoms with Gasteiger partial charge in [0.15, 0.2) is 6.29 Å². The first-order valence-corrected chi connectivity index (χ1v) is 11.1. The van der Waals surface area contributed by atoms with E-state index in [4.69, 9.17) is 9.29 Å². The van der Waals surface area contributed by atoms with Crippen LogP contribution in [-0.2, 0) is 14.9 Å². The highest BCUT2D eigenvalue weighted by atomic mass is 32.2. The Kier molecular flexibility index (Phi) is 15.8. The third-order valence-electron chi connectivity index (χ3n) is 3.95. The van der Waals surface area contributed by atoms with E-state index in [1.54, 1.807) is 0 Å². The second kappa shape index (κ2) is 16.0. The average Bonchev–Trinajstić information content (AvgIpc) is 2.54. The van der Waals surface area contributed by atoms with Crippen LogP contribution < -0.4 is 5.32 Å². The van der Waals surface area contributed by atoms with Crippen molar-refractivity contribution in [3.8, 4) is 0 Å². The van der Waals surface area contributed by atoms with Gasteiger partial charge in [-0.15, -0.1) is 0 Å². The molecule has 2 unspecified atom stereocenters. The molecule has 0 aromatic carbocycles. The van der Waals surface area contributed by atoms with E-state index in [0.29, 0.717) is 6.42 Å². The zero-order valence-corrected chi connectivity index (χ0v) is 16.3. The molecular weight excluding hydrogens is 346 g/mol. The van der Waals surface area contributed by atoms with Crippen LogP contribution in [0.5, 0.6) is 0 Å². The van der Waals surface area contributed by atoms with Gasteiger partial charge in [-0.2, -0.15) is 8.42 Å². The van der Waals surface area contributed by atoms with Gasteiger partial charge in [-0.25, -0.2) is 0 Å². The van der Waals surface area contributed by atoms with Crippen LogP contribution in [0.2, 0.25) is 0 Å². The molecule has 7 nitrogen and oxygen atoms in total. The quantitative estimate of drug-likeness (QED) is 0.163. The molecule has 0 spiro atoms. The zero-order valence-electron chi connectivity index (χ0n) is 15.5. The highest BCUT2D eigenvalue weighted by Gasteiger charge is 2.10. The van der Waals surface area contributed by atoms with Crippen molar-refractivity contribution < 1.29 is 27.9 Å². The van der Waals surface area contributed by atoms with Crippen LogP contribution in [-0.4, -0.2) is 61.0 Å². The van der Waals surface area contributed by atoms with E-state index in [2.05, 4.69) is 12.2 Å². The molecule has 0 aromatic rings. The Balaban J connectivity index is 3.40. The van der Waals surface area contributed by atoms with Crippen molar-refractivity contribution in [1.29, 1.82) is 0 Å². The van der Waals surface area contributed by atoms with Gasteiger partial charge in [-0.1, -0.05) is 58.3 Å². The summed E-state index contributed by atoms with van der Waals surface area (Å²) in [6.07, 6.45) is 9.77. The van der Waals surface area contributed by atoms with Crippen molar-refractivity contribution in [3.05, 3.63) is 0 Å². The van der Waals surface area contributed by atoms with Crippen LogP contribution in [0, 0.1) is 0 Å². The van der Waals surface area contributed by atoms with Gasteiger partial charge in [0.25, 0.3) is 10.1 Å². The van der Waals surface area contributed by atoms with Gasteiger partial charge in [-0.3, -0.25) is 4.55 Å². The summed E-state index contributed by atoms with van der Waals surface area (Å²) in [5.74, 6) is -0.401. The number of aliphatic hydroxyl groups excluding tert-OH is 2. The van der Waals surface area contributed by atoms with E-state index in [1.165, 1.54) is 44.9 Å². The largest absolute Gasteiger partial charge is 0.389 e. The van der Waals surface area contributed by atoms with E-state index in [1.807, 2.05) is 0 Å². The lowest BCUT2D eigenvalue weighted by atomic mass is 10.1. The smallest absolute Gasteiger partial charge is 0.266 e. The first-order valence-electron chi connectivity index (χ1n) is 9.48. The van der Waals surface area contributed by atoms with Crippen molar-refractivity contribution in [2.45, 2.75) is 83.5 Å². The maximum atomic E-state index is 10.5. The molecule has 0 aliphatic heterocycles. The summed E-state index contributed by atoms with van der Waals surface area (Å²) in [7, 11) is -3.99. The van der Waals surface area contributed by atoms with Crippen LogP contribution in [0.1, 0.15) is 71.1 Å². The Morgan fingerprint density at radius 2 is 1.52 bits per heavy atom. The van der Waals surface area contributed by atoms with Crippen molar-refractivity contribution in [1.82, 2.24) is 5.32 Å². The van der Waals surface area contributed by atoms with E-state index >= 15 is 0 Å². The first kappa shape index (κ1) is 24.8. The molecule has 2 atom stereocenters. The molecule has 0 heterocycles. The summed E-state index contributed by atoms with van der Waals surface area (Å²) >= 11 is 0. The van der Waals surface area contributed by atoms with Crippen molar-refractivity contribution in [2.75, 3.05) is 25.4 Å². The van der Waals surface area contributed by atoms with Crippen LogP contribution in [0.25, 0.3) is 0 Å². The number of rotatable bonds is 18. The summed E-state index contributed by atoms with van der Waals surface area (Å²) in [6.45, 7) is 2.39. The Hall–Kier alpha value is -0.250. The van der Waals surface area contributed by atoms with Gasteiger partial charge in [0.2, 0.25) is 0 Å². The summed E-state index contributed by atoms with van der Waals surface area (Å²) in [5.41, 5.74) is 0. The number of unbranched alkanes of at least 4 members (excludes halogenated alkanes) is 8. The third-order valence-corrected chi connectivity index (χ3v) is 4.67. The van der Waals surface area contributed by atoms with Gasteiger partial charge in [0, 0.05) is 13.1 Å². The number of hydrogen-bond acceptors (Lipinski definition) is 6. The van der Waals surface area contributed by atoms with Gasteiger partial charge in [0.05, 0.1) is 18.5 Å². The fourth-order valence-corrected chi connectivity index (χ4v) is 2.87. The lowest BCUT2D eigenvalue weighted by Crippen LogP contribution is -2.34. The molecule has 25 heavy (non-hydrogen) atoms. The fraction of sp³-hybridized carbons (Fsp3) is 1.00. The summed E-state index contributed by atoms with van der Waals surface area (Å²) in [5, 5.41) is 22.1. The molecule has 0 rings (SSSR count). The molecule has 0 bridgehead atoms. The predicted molar refractivity (Wildman–Crippen MR) is 99.1 cm³/mol. The van der Waals surface area contributed by atoms with Gasteiger partial charge >= 0.3 is 0 Å². The molecule has 8 heteroatoms. The Morgan fingerprint density at radius 3 is 2.08 bits per heavy atom. The third kappa shape index (κ3) is 19.9. The number of ether oxygens (including phenoxy) is 1. The monoisotopic (exact) mass is 383 g/mol. The molecule has 0 aromatic heterocycles. The maximum Gasteiger partial charge on any atom is 0.266 e. The van der Waals surface area contributed by atoms with Crippen molar-refractivity contribution >= 4 is 10.1 Å². The molecule has 0 aliphatic carbocycles. The van der Waals surface area contributed by atoms with Gasteiger partial charge < -0.3 is 20.3 Å². The Bertz CT molecular complexity index is 391. The zero-order chi connectivity index (χ0) is 19.0. The first-order chi connectivity index (χ1) is 11.8. The normalized spacial score (nSPS) is 14.6. The molecule has 0 radical (unpaired) electrons. The Morgan fingerprint density at radius 1 is 0.960 bits per heavy atom. The van der Waals surface area contributed by atoms with E-state index in [-0.39, 0.29) is 19.7 Å². The van der Waals surface area contributed by atoms with Crippen molar-refractivity contribution in [2.24, 2.45) is 0 Å². The minimum atomic E-state index is -3.99. The van der Waals surface area contributed by atoms with Crippen LogP contribution in [0.4, 0.5) is 0 Å².